The highest BCUT2D eigenvalue weighted by Gasteiger charge is 2.33. The van der Waals surface area contributed by atoms with Gasteiger partial charge >= 0.3 is 0 Å². The zero-order valence-electron chi connectivity index (χ0n) is 5.83. The second-order valence-electron chi connectivity index (χ2n) is 2.85. The Bertz CT molecular complexity index is 228. The van der Waals surface area contributed by atoms with Gasteiger partial charge in [-0.15, -0.1) is 0 Å². The minimum absolute atomic E-state index is 0.0832. The topological polar surface area (TPSA) is 51.2 Å². The molecule has 0 aromatic heterocycles. The summed E-state index contributed by atoms with van der Waals surface area (Å²) in [6.07, 6.45) is 0.430. The Morgan fingerprint density at radius 3 is 2.30 bits per heavy atom. The monoisotopic (exact) mass is 162 g/mol. The van der Waals surface area contributed by atoms with Crippen LogP contribution in [0.15, 0.2) is 0 Å². The summed E-state index contributed by atoms with van der Waals surface area (Å²) in [5, 5.41) is 0. The van der Waals surface area contributed by atoms with Crippen molar-refractivity contribution in [2.75, 3.05) is 11.5 Å². The van der Waals surface area contributed by atoms with Crippen molar-refractivity contribution in [1.29, 1.82) is 0 Å². The van der Waals surface area contributed by atoms with Gasteiger partial charge in [0, 0.05) is 6.42 Å². The third kappa shape index (κ3) is 1.80. The molecule has 10 heavy (non-hydrogen) atoms. The van der Waals surface area contributed by atoms with Gasteiger partial charge in [-0.05, 0) is 12.8 Å². The molecule has 0 radical (unpaired) electrons. The average molecular weight is 162 g/mol. The summed E-state index contributed by atoms with van der Waals surface area (Å²) in [6.45, 7) is 1.49. The third-order valence-electron chi connectivity index (χ3n) is 1.56. The van der Waals surface area contributed by atoms with E-state index in [1.807, 2.05) is 0 Å². The van der Waals surface area contributed by atoms with Gasteiger partial charge in [0.15, 0.2) is 9.84 Å². The van der Waals surface area contributed by atoms with E-state index in [2.05, 4.69) is 0 Å². The van der Waals surface area contributed by atoms with Crippen molar-refractivity contribution in [3.05, 3.63) is 0 Å². The standard InChI is InChI=1S/C6H10O3S/c1-5(7)2-6-3-10(8,9)4-6/h6H,2-4H2,1H3. The number of hydrogen-bond donors (Lipinski definition) is 0. The molecule has 0 spiro atoms. The number of ketones is 1. The van der Waals surface area contributed by atoms with E-state index in [4.69, 9.17) is 0 Å². The second-order valence-corrected chi connectivity index (χ2v) is 5.00. The van der Waals surface area contributed by atoms with Crippen LogP contribution in [0.2, 0.25) is 0 Å². The maximum atomic E-state index is 10.6. The molecule has 1 saturated heterocycles. The fourth-order valence-electron chi connectivity index (χ4n) is 1.19. The molecule has 1 rings (SSSR count). The van der Waals surface area contributed by atoms with E-state index >= 15 is 0 Å². The molecule has 0 N–H and O–H groups in total. The van der Waals surface area contributed by atoms with Crippen LogP contribution in [0.3, 0.4) is 0 Å². The molecule has 1 heterocycles. The zero-order chi connectivity index (χ0) is 7.78. The Kier molecular flexibility index (Phi) is 1.81. The number of carbonyl (C=O) groups is 1. The van der Waals surface area contributed by atoms with Crippen molar-refractivity contribution in [1.82, 2.24) is 0 Å². The van der Waals surface area contributed by atoms with Gasteiger partial charge in [-0.3, -0.25) is 0 Å². The van der Waals surface area contributed by atoms with Crippen LogP contribution in [0.5, 0.6) is 0 Å². The number of rotatable bonds is 2. The Hall–Kier alpha value is -0.380. The fourth-order valence-corrected chi connectivity index (χ4v) is 2.77. The summed E-state index contributed by atoms with van der Waals surface area (Å²) in [5.74, 6) is 0.626. The number of carbonyl (C=O) groups excluding carboxylic acids is 1. The lowest BCUT2D eigenvalue weighted by Crippen LogP contribution is -2.37. The lowest BCUT2D eigenvalue weighted by molar-refractivity contribution is -0.117. The van der Waals surface area contributed by atoms with Gasteiger partial charge < -0.3 is 4.79 Å². The van der Waals surface area contributed by atoms with Crippen molar-refractivity contribution in [2.45, 2.75) is 13.3 Å². The summed E-state index contributed by atoms with van der Waals surface area (Å²) >= 11 is 0. The SMILES string of the molecule is CC(=O)CC1CS(=O)(=O)C1. The summed E-state index contributed by atoms with van der Waals surface area (Å²) in [4.78, 5) is 10.5. The Morgan fingerprint density at radius 2 is 2.00 bits per heavy atom. The van der Waals surface area contributed by atoms with Gasteiger partial charge in [-0.1, -0.05) is 0 Å². The number of Topliss-reactive ketones (excluding diaryl/α,β-unsaturated/α-hetero) is 1. The molecule has 1 fully saturated rings. The lowest BCUT2D eigenvalue weighted by Gasteiger charge is -2.24. The second kappa shape index (κ2) is 2.34. The van der Waals surface area contributed by atoms with Crippen LogP contribution >= 0.6 is 0 Å². The van der Waals surface area contributed by atoms with Crippen molar-refractivity contribution < 1.29 is 13.2 Å². The summed E-state index contributed by atoms with van der Waals surface area (Å²) < 4.78 is 21.1. The summed E-state index contributed by atoms with van der Waals surface area (Å²) in [6, 6.07) is 0. The van der Waals surface area contributed by atoms with E-state index in [-0.39, 0.29) is 23.2 Å². The van der Waals surface area contributed by atoms with E-state index in [0.717, 1.165) is 0 Å². The van der Waals surface area contributed by atoms with Crippen molar-refractivity contribution in [2.24, 2.45) is 5.92 Å². The number of hydrogen-bond acceptors (Lipinski definition) is 3. The highest BCUT2D eigenvalue weighted by atomic mass is 32.2. The normalized spacial score (nSPS) is 23.7. The summed E-state index contributed by atoms with van der Waals surface area (Å²) in [5.41, 5.74) is 0. The first-order chi connectivity index (χ1) is 4.49. The molecule has 58 valence electrons. The quantitative estimate of drug-likeness (QED) is 0.574. The molecule has 3 nitrogen and oxygen atoms in total. The molecule has 0 unspecified atom stereocenters. The molecule has 0 aromatic carbocycles. The Labute approximate surface area is 60.3 Å². The minimum Gasteiger partial charge on any atom is -0.300 e. The molecular formula is C6H10O3S. The minimum atomic E-state index is -2.73. The zero-order valence-corrected chi connectivity index (χ0v) is 6.65. The highest BCUT2D eigenvalue weighted by molar-refractivity contribution is 7.92. The van der Waals surface area contributed by atoms with E-state index in [0.29, 0.717) is 6.42 Å². The first-order valence-electron chi connectivity index (χ1n) is 3.19. The largest absolute Gasteiger partial charge is 0.300 e. The van der Waals surface area contributed by atoms with Crippen LogP contribution in [0.4, 0.5) is 0 Å². The van der Waals surface area contributed by atoms with E-state index in [1.165, 1.54) is 6.92 Å². The van der Waals surface area contributed by atoms with Crippen LogP contribution in [-0.4, -0.2) is 25.7 Å². The van der Waals surface area contributed by atoms with E-state index in [1.54, 1.807) is 0 Å². The smallest absolute Gasteiger partial charge is 0.150 e. The van der Waals surface area contributed by atoms with E-state index < -0.39 is 9.84 Å². The molecule has 1 aliphatic rings. The Morgan fingerprint density at radius 1 is 1.50 bits per heavy atom. The maximum Gasteiger partial charge on any atom is 0.150 e. The number of sulfone groups is 1. The first kappa shape index (κ1) is 7.72. The molecular weight excluding hydrogens is 152 g/mol. The van der Waals surface area contributed by atoms with Gasteiger partial charge in [0.05, 0.1) is 11.5 Å². The van der Waals surface area contributed by atoms with Gasteiger partial charge in [-0.25, -0.2) is 8.42 Å². The molecule has 1 aliphatic heterocycles. The van der Waals surface area contributed by atoms with Crippen molar-refractivity contribution in [3.63, 3.8) is 0 Å². The Balaban J connectivity index is 2.34. The van der Waals surface area contributed by atoms with Crippen molar-refractivity contribution >= 4 is 15.6 Å². The van der Waals surface area contributed by atoms with Crippen LogP contribution in [-0.2, 0) is 14.6 Å². The van der Waals surface area contributed by atoms with Crippen molar-refractivity contribution in [3.8, 4) is 0 Å². The molecule has 0 aromatic rings. The van der Waals surface area contributed by atoms with Gasteiger partial charge in [-0.2, -0.15) is 0 Å². The third-order valence-corrected chi connectivity index (χ3v) is 3.51. The molecule has 0 saturated carbocycles. The van der Waals surface area contributed by atoms with Gasteiger partial charge in [0.1, 0.15) is 5.78 Å². The summed E-state index contributed by atoms with van der Waals surface area (Å²) in [7, 11) is -2.73. The molecule has 0 amide bonds. The predicted octanol–water partition coefficient (Wildman–Crippen LogP) is 0.0101. The van der Waals surface area contributed by atoms with E-state index in [9.17, 15) is 13.2 Å². The van der Waals surface area contributed by atoms with Gasteiger partial charge in [0.25, 0.3) is 0 Å². The average Bonchev–Trinajstić information content (AvgIpc) is 1.57. The first-order valence-corrected chi connectivity index (χ1v) is 5.01. The van der Waals surface area contributed by atoms with Crippen LogP contribution < -0.4 is 0 Å². The molecule has 4 heteroatoms. The highest BCUT2D eigenvalue weighted by Crippen LogP contribution is 2.21. The fraction of sp³-hybridized carbons (Fsp3) is 0.833. The van der Waals surface area contributed by atoms with Crippen LogP contribution in [0.25, 0.3) is 0 Å². The lowest BCUT2D eigenvalue weighted by atomic mass is 10.1. The van der Waals surface area contributed by atoms with Crippen LogP contribution in [0.1, 0.15) is 13.3 Å². The van der Waals surface area contributed by atoms with Gasteiger partial charge in [0.2, 0.25) is 0 Å². The maximum absolute atomic E-state index is 10.6. The molecule has 0 aliphatic carbocycles. The van der Waals surface area contributed by atoms with Crippen LogP contribution in [0, 0.1) is 5.92 Å². The predicted molar refractivity (Wildman–Crippen MR) is 37.4 cm³/mol. The molecule has 0 atom stereocenters. The molecule has 0 bridgehead atoms.